The predicted molar refractivity (Wildman–Crippen MR) is 86.6 cm³/mol. The van der Waals surface area contributed by atoms with E-state index in [1.165, 1.54) is 0 Å². The van der Waals surface area contributed by atoms with Crippen molar-refractivity contribution >= 4 is 17.9 Å². The van der Waals surface area contributed by atoms with Gasteiger partial charge in [0.2, 0.25) is 0 Å². The van der Waals surface area contributed by atoms with Gasteiger partial charge in [0.15, 0.2) is 6.10 Å². The highest BCUT2D eigenvalue weighted by molar-refractivity contribution is 5.86. The van der Waals surface area contributed by atoms with E-state index in [-0.39, 0.29) is 17.8 Å². The Morgan fingerprint density at radius 3 is 2.63 bits per heavy atom. The number of allylic oxidation sites excluding steroid dienone is 2. The van der Waals surface area contributed by atoms with Crippen LogP contribution in [0.4, 0.5) is 8.78 Å². The van der Waals surface area contributed by atoms with Crippen molar-refractivity contribution in [3.05, 3.63) is 12.2 Å². The molecule has 0 radical (unpaired) electrons. The first-order valence-corrected chi connectivity index (χ1v) is 9.43. The lowest BCUT2D eigenvalue weighted by Gasteiger charge is -2.31. The van der Waals surface area contributed by atoms with Crippen LogP contribution in [0, 0.1) is 29.6 Å². The van der Waals surface area contributed by atoms with Crippen LogP contribution in [0.3, 0.4) is 0 Å². The third kappa shape index (κ3) is 3.02. The van der Waals surface area contributed by atoms with Gasteiger partial charge >= 0.3 is 17.9 Å². The van der Waals surface area contributed by atoms with Gasteiger partial charge in [0, 0.05) is 11.8 Å². The van der Waals surface area contributed by atoms with Crippen LogP contribution in [0.5, 0.6) is 0 Å². The molecule has 0 spiro atoms. The van der Waals surface area contributed by atoms with Gasteiger partial charge in [-0.1, -0.05) is 12.2 Å². The average Bonchev–Trinajstić information content (AvgIpc) is 3.30. The first-order valence-electron chi connectivity index (χ1n) is 9.43. The molecule has 1 saturated heterocycles. The summed E-state index contributed by atoms with van der Waals surface area (Å²) < 4.78 is 41.5. The van der Waals surface area contributed by atoms with Crippen molar-refractivity contribution in [2.75, 3.05) is 13.3 Å². The lowest BCUT2D eigenvalue weighted by Crippen LogP contribution is -2.45. The molecule has 6 nitrogen and oxygen atoms in total. The van der Waals surface area contributed by atoms with Crippen molar-refractivity contribution in [2.45, 2.75) is 44.0 Å². The number of alkyl halides is 2. The summed E-state index contributed by atoms with van der Waals surface area (Å²) in [5.41, 5.74) is 0. The van der Waals surface area contributed by atoms with Gasteiger partial charge in [-0.15, -0.1) is 0 Å². The van der Waals surface area contributed by atoms with Gasteiger partial charge in [0.25, 0.3) is 0 Å². The summed E-state index contributed by atoms with van der Waals surface area (Å²) in [6.07, 6.45) is 3.84. The summed E-state index contributed by atoms with van der Waals surface area (Å²) in [6.45, 7) is -2.26. The zero-order valence-corrected chi connectivity index (χ0v) is 14.7. The van der Waals surface area contributed by atoms with Crippen molar-refractivity contribution in [3.63, 3.8) is 0 Å². The second-order valence-electron chi connectivity index (χ2n) is 7.77. The molecule has 7 unspecified atom stereocenters. The van der Waals surface area contributed by atoms with Crippen molar-refractivity contribution < 1.29 is 37.4 Å². The molecule has 3 aliphatic carbocycles. The van der Waals surface area contributed by atoms with Gasteiger partial charge in [-0.3, -0.25) is 14.4 Å². The molecule has 4 rings (SSSR count). The maximum absolute atomic E-state index is 12.7. The number of esters is 3. The zero-order valence-electron chi connectivity index (χ0n) is 14.7. The fourth-order valence-corrected chi connectivity index (χ4v) is 5.05. The molecule has 0 aromatic rings. The molecule has 0 aromatic heterocycles. The molecule has 148 valence electrons. The average molecular weight is 384 g/mol. The Bertz CT molecular complexity index is 661. The number of rotatable bonds is 6. The van der Waals surface area contributed by atoms with Crippen molar-refractivity contribution in [2.24, 2.45) is 29.6 Å². The van der Waals surface area contributed by atoms with Gasteiger partial charge in [-0.05, 0) is 25.7 Å². The van der Waals surface area contributed by atoms with E-state index in [1.54, 1.807) is 0 Å². The monoisotopic (exact) mass is 384 g/mol. The Balaban J connectivity index is 1.49. The van der Waals surface area contributed by atoms with Crippen molar-refractivity contribution in [1.29, 1.82) is 0 Å². The highest BCUT2D eigenvalue weighted by atomic mass is 19.1. The summed E-state index contributed by atoms with van der Waals surface area (Å²) in [4.78, 5) is 37.3. The third-order valence-corrected chi connectivity index (χ3v) is 6.30. The quantitative estimate of drug-likeness (QED) is 0.396. The van der Waals surface area contributed by atoms with Gasteiger partial charge in [0.1, 0.15) is 25.6 Å². The van der Waals surface area contributed by atoms with E-state index >= 15 is 0 Å². The summed E-state index contributed by atoms with van der Waals surface area (Å²) in [7, 11) is 0. The molecule has 2 saturated carbocycles. The Morgan fingerprint density at radius 2 is 1.96 bits per heavy atom. The standard InChI is InChI=1S/C19H22F2O6/c20-7-10(8-21)25-18(23)13-11-6-12-14(13)19(24)27-16(12)15(11)26-17(22)9-4-2-1-3-5-9/h1-2,9-16H,3-8H2. The molecular formula is C19H22F2O6. The molecule has 8 heteroatoms. The number of fused-ring (bicyclic) bond motifs is 1. The van der Waals surface area contributed by atoms with Crippen molar-refractivity contribution in [3.8, 4) is 0 Å². The third-order valence-electron chi connectivity index (χ3n) is 6.30. The summed E-state index contributed by atoms with van der Waals surface area (Å²) in [5, 5.41) is 0. The molecule has 0 N–H and O–H groups in total. The fourth-order valence-electron chi connectivity index (χ4n) is 5.05. The molecule has 1 heterocycles. The zero-order chi connectivity index (χ0) is 19.1. The largest absolute Gasteiger partial charge is 0.458 e. The lowest BCUT2D eigenvalue weighted by molar-refractivity contribution is -0.171. The molecule has 4 aliphatic rings. The Hall–Kier alpha value is -1.99. The van der Waals surface area contributed by atoms with Crippen LogP contribution >= 0.6 is 0 Å². The number of ether oxygens (including phenoxy) is 3. The Morgan fingerprint density at radius 1 is 1.19 bits per heavy atom. The van der Waals surface area contributed by atoms with E-state index in [0.717, 1.165) is 6.42 Å². The van der Waals surface area contributed by atoms with Crippen LogP contribution in [-0.2, 0) is 28.6 Å². The van der Waals surface area contributed by atoms with E-state index in [4.69, 9.17) is 14.2 Å². The molecule has 1 aliphatic heterocycles. The highest BCUT2D eigenvalue weighted by Crippen LogP contribution is 2.59. The van der Waals surface area contributed by atoms with E-state index in [2.05, 4.69) is 0 Å². The smallest absolute Gasteiger partial charge is 0.310 e. The molecular weight excluding hydrogens is 362 g/mol. The van der Waals surface area contributed by atoms with Gasteiger partial charge in [-0.2, -0.15) is 0 Å². The van der Waals surface area contributed by atoms with Crippen LogP contribution in [-0.4, -0.2) is 49.6 Å². The van der Waals surface area contributed by atoms with Crippen LogP contribution in [0.15, 0.2) is 12.2 Å². The van der Waals surface area contributed by atoms with E-state index in [9.17, 15) is 23.2 Å². The topological polar surface area (TPSA) is 78.9 Å². The van der Waals surface area contributed by atoms with E-state index in [1.807, 2.05) is 12.2 Å². The Labute approximate surface area is 155 Å². The van der Waals surface area contributed by atoms with Crippen molar-refractivity contribution in [1.82, 2.24) is 0 Å². The molecule has 7 atom stereocenters. The summed E-state index contributed by atoms with van der Waals surface area (Å²) in [6, 6.07) is 0. The number of halogens is 2. The lowest BCUT2D eigenvalue weighted by atomic mass is 9.78. The van der Waals surface area contributed by atoms with E-state index < -0.39 is 61.4 Å². The summed E-state index contributed by atoms with van der Waals surface area (Å²) in [5.74, 6) is -4.14. The van der Waals surface area contributed by atoms with Gasteiger partial charge in [0.05, 0.1) is 17.8 Å². The first kappa shape index (κ1) is 18.4. The number of carbonyl (C=O) groups is 3. The maximum atomic E-state index is 12.7. The number of hydrogen-bond acceptors (Lipinski definition) is 6. The highest BCUT2D eigenvalue weighted by Gasteiger charge is 2.70. The molecule has 2 bridgehead atoms. The molecule has 27 heavy (non-hydrogen) atoms. The van der Waals surface area contributed by atoms with Gasteiger partial charge < -0.3 is 14.2 Å². The number of carbonyl (C=O) groups excluding carboxylic acids is 3. The van der Waals surface area contributed by atoms with Gasteiger partial charge in [-0.25, -0.2) is 8.78 Å². The van der Waals surface area contributed by atoms with Crippen LogP contribution in [0.2, 0.25) is 0 Å². The second-order valence-corrected chi connectivity index (χ2v) is 7.77. The minimum atomic E-state index is -1.47. The Kier molecular flexibility index (Phi) is 4.90. The maximum Gasteiger partial charge on any atom is 0.310 e. The molecule has 0 amide bonds. The predicted octanol–water partition coefficient (Wildman–Crippen LogP) is 1.91. The van der Waals surface area contributed by atoms with E-state index in [0.29, 0.717) is 19.3 Å². The summed E-state index contributed by atoms with van der Waals surface area (Å²) >= 11 is 0. The SMILES string of the molecule is O=C(OC1C2CC3C1OC(=O)C3C2C(=O)OC(CF)CF)C1CC=CCC1. The molecule has 0 aromatic carbocycles. The minimum absolute atomic E-state index is 0.224. The van der Waals surface area contributed by atoms with Crippen LogP contribution in [0.25, 0.3) is 0 Å². The first-order chi connectivity index (χ1) is 13.0. The fraction of sp³-hybridized carbons (Fsp3) is 0.737. The minimum Gasteiger partial charge on any atom is -0.458 e. The number of hydrogen-bond donors (Lipinski definition) is 0. The van der Waals surface area contributed by atoms with Crippen LogP contribution < -0.4 is 0 Å². The normalized spacial score (nSPS) is 38.9. The second kappa shape index (κ2) is 7.20. The molecule has 3 fully saturated rings. The van der Waals surface area contributed by atoms with Crippen LogP contribution in [0.1, 0.15) is 25.7 Å².